The van der Waals surface area contributed by atoms with Gasteiger partial charge in [0.1, 0.15) is 0 Å². The highest BCUT2D eigenvalue weighted by Crippen LogP contribution is 2.20. The van der Waals surface area contributed by atoms with Crippen molar-refractivity contribution in [2.75, 3.05) is 6.54 Å². The van der Waals surface area contributed by atoms with Gasteiger partial charge in [-0.1, -0.05) is 37.3 Å². The lowest BCUT2D eigenvalue weighted by atomic mass is 10.1. The molecular weight excluding hydrogens is 290 g/mol. The third kappa shape index (κ3) is 3.66. The fraction of sp³-hybridized carbons (Fsp3) is 0.235. The zero-order valence-corrected chi connectivity index (χ0v) is 12.9. The summed E-state index contributed by atoms with van der Waals surface area (Å²) in [5, 5.41) is 9.89. The van der Waals surface area contributed by atoms with Gasteiger partial charge in [0.15, 0.2) is 0 Å². The van der Waals surface area contributed by atoms with Crippen molar-refractivity contribution in [3.63, 3.8) is 0 Å². The highest BCUT2D eigenvalue weighted by molar-refractivity contribution is 5.99. The van der Waals surface area contributed by atoms with Crippen molar-refractivity contribution in [3.05, 3.63) is 60.8 Å². The Hall–Kier alpha value is -2.89. The molecule has 0 saturated heterocycles. The van der Waals surface area contributed by atoms with E-state index in [1.165, 1.54) is 0 Å². The number of aromatic nitrogens is 4. The van der Waals surface area contributed by atoms with Crippen LogP contribution in [0.4, 0.5) is 0 Å². The van der Waals surface area contributed by atoms with Crippen LogP contribution in [0.1, 0.15) is 17.3 Å². The smallest absolute Gasteiger partial charge is 0.255 e. The van der Waals surface area contributed by atoms with Gasteiger partial charge in [0.05, 0.1) is 23.8 Å². The molecule has 1 atom stereocenters. The summed E-state index contributed by atoms with van der Waals surface area (Å²) >= 11 is 0. The van der Waals surface area contributed by atoms with Crippen molar-refractivity contribution in [2.24, 2.45) is 5.92 Å². The quantitative estimate of drug-likeness (QED) is 0.734. The Morgan fingerprint density at radius 2 is 2.17 bits per heavy atom. The molecule has 3 rings (SSSR count). The van der Waals surface area contributed by atoms with Crippen LogP contribution in [0.15, 0.2) is 55.2 Å². The molecule has 0 unspecified atom stereocenters. The summed E-state index contributed by atoms with van der Waals surface area (Å²) in [6.45, 7) is 3.50. The van der Waals surface area contributed by atoms with Crippen molar-refractivity contribution < 1.29 is 4.79 Å². The maximum absolute atomic E-state index is 12.4. The monoisotopic (exact) mass is 309 g/mol. The number of nitrogens with one attached hydrogen (secondary N) is 2. The van der Waals surface area contributed by atoms with Gasteiger partial charge in [-0.05, 0) is 5.92 Å². The van der Waals surface area contributed by atoms with E-state index < -0.39 is 0 Å². The number of amides is 1. The van der Waals surface area contributed by atoms with Gasteiger partial charge < -0.3 is 9.88 Å². The highest BCUT2D eigenvalue weighted by Gasteiger charge is 2.15. The lowest BCUT2D eigenvalue weighted by Crippen LogP contribution is -2.30. The molecule has 2 heterocycles. The molecule has 1 aromatic carbocycles. The summed E-state index contributed by atoms with van der Waals surface area (Å²) in [6.07, 6.45) is 7.02. The number of benzene rings is 1. The number of carbonyl (C=O) groups is 1. The van der Waals surface area contributed by atoms with Gasteiger partial charge in [-0.25, -0.2) is 4.98 Å². The molecule has 1 amide bonds. The standard InChI is InChI=1S/C17H19N5O/c1-13(11-22-8-7-18-12-22)9-19-17(23)15-10-20-21-16(15)14-5-3-2-4-6-14/h2-8,10,12-13H,9,11H2,1H3,(H,19,23)(H,20,21)/t13-/m1/s1. The third-order valence-corrected chi connectivity index (χ3v) is 3.64. The van der Waals surface area contributed by atoms with Gasteiger partial charge >= 0.3 is 0 Å². The number of imidazole rings is 1. The van der Waals surface area contributed by atoms with Crippen LogP contribution >= 0.6 is 0 Å². The molecule has 0 saturated carbocycles. The Labute approximate surface area is 134 Å². The first-order chi connectivity index (χ1) is 11.2. The summed E-state index contributed by atoms with van der Waals surface area (Å²) in [6, 6.07) is 9.71. The molecule has 23 heavy (non-hydrogen) atoms. The van der Waals surface area contributed by atoms with Gasteiger partial charge in [-0.3, -0.25) is 9.89 Å². The minimum atomic E-state index is -0.116. The first-order valence-electron chi connectivity index (χ1n) is 7.57. The van der Waals surface area contributed by atoms with E-state index in [4.69, 9.17) is 0 Å². The molecule has 6 nitrogen and oxygen atoms in total. The van der Waals surface area contributed by atoms with Gasteiger partial charge in [-0.15, -0.1) is 0 Å². The van der Waals surface area contributed by atoms with Crippen LogP contribution in [0.2, 0.25) is 0 Å². The molecule has 0 aliphatic rings. The van der Waals surface area contributed by atoms with Crippen molar-refractivity contribution >= 4 is 5.91 Å². The first kappa shape index (κ1) is 15.0. The van der Waals surface area contributed by atoms with E-state index in [1.54, 1.807) is 18.7 Å². The summed E-state index contributed by atoms with van der Waals surface area (Å²) < 4.78 is 2.00. The van der Waals surface area contributed by atoms with Gasteiger partial charge in [-0.2, -0.15) is 5.10 Å². The minimum Gasteiger partial charge on any atom is -0.352 e. The number of H-pyrrole nitrogens is 1. The SMILES string of the molecule is C[C@H](CNC(=O)c1cn[nH]c1-c1ccccc1)Cn1ccnc1. The van der Waals surface area contributed by atoms with E-state index in [0.29, 0.717) is 18.0 Å². The van der Waals surface area contributed by atoms with Gasteiger partial charge in [0.25, 0.3) is 5.91 Å². The van der Waals surface area contributed by atoms with Crippen molar-refractivity contribution in [3.8, 4) is 11.3 Å². The lowest BCUT2D eigenvalue weighted by Gasteiger charge is -2.13. The summed E-state index contributed by atoms with van der Waals surface area (Å²) in [7, 11) is 0. The average Bonchev–Trinajstić information content (AvgIpc) is 3.25. The number of aromatic amines is 1. The third-order valence-electron chi connectivity index (χ3n) is 3.64. The van der Waals surface area contributed by atoms with Crippen molar-refractivity contribution in [2.45, 2.75) is 13.5 Å². The lowest BCUT2D eigenvalue weighted by molar-refractivity contribution is 0.0947. The number of carbonyl (C=O) groups excluding carboxylic acids is 1. The predicted molar refractivity (Wildman–Crippen MR) is 87.7 cm³/mol. The fourth-order valence-electron chi connectivity index (χ4n) is 2.46. The molecule has 0 spiro atoms. The number of hydrogen-bond donors (Lipinski definition) is 2. The molecule has 0 radical (unpaired) electrons. The maximum Gasteiger partial charge on any atom is 0.255 e. The largest absolute Gasteiger partial charge is 0.352 e. The number of rotatable bonds is 6. The van der Waals surface area contributed by atoms with Gasteiger partial charge in [0, 0.05) is 31.0 Å². The van der Waals surface area contributed by atoms with E-state index in [2.05, 4.69) is 27.4 Å². The highest BCUT2D eigenvalue weighted by atomic mass is 16.1. The Kier molecular flexibility index (Phi) is 4.52. The zero-order chi connectivity index (χ0) is 16.1. The number of nitrogens with zero attached hydrogens (tertiary/aromatic N) is 3. The van der Waals surface area contributed by atoms with E-state index >= 15 is 0 Å². The number of hydrogen-bond acceptors (Lipinski definition) is 3. The van der Waals surface area contributed by atoms with Crippen LogP contribution in [-0.4, -0.2) is 32.2 Å². The molecule has 6 heteroatoms. The Morgan fingerprint density at radius 1 is 1.35 bits per heavy atom. The molecule has 118 valence electrons. The summed E-state index contributed by atoms with van der Waals surface area (Å²) in [5.74, 6) is 0.190. The van der Waals surface area contributed by atoms with E-state index in [0.717, 1.165) is 17.8 Å². The maximum atomic E-state index is 12.4. The molecular formula is C17H19N5O. The van der Waals surface area contributed by atoms with E-state index in [1.807, 2.05) is 41.1 Å². The molecule has 0 aliphatic heterocycles. The molecule has 2 aromatic heterocycles. The molecule has 0 fully saturated rings. The second-order valence-corrected chi connectivity index (χ2v) is 5.60. The second-order valence-electron chi connectivity index (χ2n) is 5.60. The van der Waals surface area contributed by atoms with E-state index in [-0.39, 0.29) is 5.91 Å². The van der Waals surface area contributed by atoms with Crippen LogP contribution in [0, 0.1) is 5.92 Å². The van der Waals surface area contributed by atoms with E-state index in [9.17, 15) is 4.79 Å². The van der Waals surface area contributed by atoms with Crippen LogP contribution in [0.3, 0.4) is 0 Å². The first-order valence-corrected chi connectivity index (χ1v) is 7.57. The fourth-order valence-corrected chi connectivity index (χ4v) is 2.46. The van der Waals surface area contributed by atoms with Crippen LogP contribution in [0.5, 0.6) is 0 Å². The Balaban J connectivity index is 1.62. The minimum absolute atomic E-state index is 0.116. The van der Waals surface area contributed by atoms with Crippen molar-refractivity contribution in [1.82, 2.24) is 25.1 Å². The van der Waals surface area contributed by atoms with Crippen molar-refractivity contribution in [1.29, 1.82) is 0 Å². The summed E-state index contributed by atoms with van der Waals surface area (Å²) in [5.41, 5.74) is 2.25. The average molecular weight is 309 g/mol. The molecule has 3 aromatic rings. The Morgan fingerprint density at radius 3 is 2.91 bits per heavy atom. The zero-order valence-electron chi connectivity index (χ0n) is 12.9. The predicted octanol–water partition coefficient (Wildman–Crippen LogP) is 2.34. The molecule has 0 aliphatic carbocycles. The van der Waals surface area contributed by atoms with Crippen LogP contribution in [0.25, 0.3) is 11.3 Å². The van der Waals surface area contributed by atoms with Crippen LogP contribution in [-0.2, 0) is 6.54 Å². The topological polar surface area (TPSA) is 75.6 Å². The van der Waals surface area contributed by atoms with Crippen LogP contribution < -0.4 is 5.32 Å². The molecule has 2 N–H and O–H groups in total. The second kappa shape index (κ2) is 6.91. The molecule has 0 bridgehead atoms. The normalized spacial score (nSPS) is 12.0. The summed E-state index contributed by atoms with van der Waals surface area (Å²) in [4.78, 5) is 16.4. The van der Waals surface area contributed by atoms with Gasteiger partial charge in [0.2, 0.25) is 0 Å². The Bertz CT molecular complexity index is 748.